The molecule has 0 aliphatic heterocycles. The Morgan fingerprint density at radius 1 is 0.837 bits per heavy atom. The lowest BCUT2D eigenvalue weighted by Crippen LogP contribution is -2.71. The monoisotopic (exact) mass is 662 g/mol. The van der Waals surface area contributed by atoms with Crippen LogP contribution in [0.25, 0.3) is 0 Å². The number of fused-ring (bicyclic) bond motifs is 3. The van der Waals surface area contributed by atoms with E-state index in [2.05, 4.69) is 0 Å². The van der Waals surface area contributed by atoms with Gasteiger partial charge in [0.15, 0.2) is 17.2 Å². The van der Waals surface area contributed by atoms with Crippen LogP contribution in [0.1, 0.15) is 92.9 Å². The van der Waals surface area contributed by atoms with Gasteiger partial charge in [-0.25, -0.2) is 0 Å². The van der Waals surface area contributed by atoms with Crippen molar-refractivity contribution in [2.75, 3.05) is 0 Å². The SMILES string of the molecule is CC(=O)C1=C(O)C(C(C)C)[C@@]2(C)[C@H](C)[C@]3(C)C(=C(O)[C@@]2(O)C1=O)C(=O)c1c(ccc(C(Cc2ccccc2)Cc2ccccc2)c1O)[C@H]3C. The van der Waals surface area contributed by atoms with Gasteiger partial charge in [-0.05, 0) is 65.7 Å². The van der Waals surface area contributed by atoms with Crippen molar-refractivity contribution >= 4 is 17.3 Å². The number of benzene rings is 3. The topological polar surface area (TPSA) is 132 Å². The number of rotatable bonds is 7. The predicted octanol–water partition coefficient (Wildman–Crippen LogP) is 7.72. The maximum absolute atomic E-state index is 14.9. The fraction of sp³-hybridized carbons (Fsp3) is 0.405. The molecule has 3 aromatic rings. The normalized spacial score (nSPS) is 29.6. The number of hydrogen-bond donors (Lipinski definition) is 4. The Hall–Kier alpha value is -4.49. The summed E-state index contributed by atoms with van der Waals surface area (Å²) in [5.41, 5.74) is -2.63. The van der Waals surface area contributed by atoms with Crippen LogP contribution in [-0.4, -0.2) is 43.4 Å². The first-order valence-corrected chi connectivity index (χ1v) is 17.2. The highest BCUT2D eigenvalue weighted by Gasteiger charge is 2.74. The number of Topliss-reactive ketones (excluding diaryl/α,β-unsaturated/α-hetero) is 3. The first kappa shape index (κ1) is 34.4. The van der Waals surface area contributed by atoms with Gasteiger partial charge in [0.1, 0.15) is 22.8 Å². The average molecular weight is 663 g/mol. The molecule has 0 aromatic heterocycles. The van der Waals surface area contributed by atoms with Crippen molar-refractivity contribution in [3.8, 4) is 5.75 Å². The van der Waals surface area contributed by atoms with E-state index in [0.717, 1.165) is 18.1 Å². The third kappa shape index (κ3) is 4.61. The summed E-state index contributed by atoms with van der Waals surface area (Å²) in [6, 6.07) is 23.7. The van der Waals surface area contributed by atoms with E-state index in [9.17, 15) is 34.8 Å². The van der Waals surface area contributed by atoms with Crippen LogP contribution in [0, 0.1) is 28.6 Å². The molecule has 6 atom stereocenters. The number of hydrogen-bond acceptors (Lipinski definition) is 7. The molecule has 49 heavy (non-hydrogen) atoms. The lowest BCUT2D eigenvalue weighted by molar-refractivity contribution is -0.189. The van der Waals surface area contributed by atoms with Crippen molar-refractivity contribution in [3.63, 3.8) is 0 Å². The fourth-order valence-electron chi connectivity index (χ4n) is 9.81. The minimum atomic E-state index is -2.67. The second-order valence-electron chi connectivity index (χ2n) is 15.2. The number of aromatic hydroxyl groups is 1. The molecule has 1 unspecified atom stereocenters. The van der Waals surface area contributed by atoms with Crippen LogP contribution in [0.2, 0.25) is 0 Å². The standard InChI is InChI=1S/C42H46O7/c1-22(2)33-36(45)31(24(4)43)38(47)42(49)39(48)34-37(46)32-29(23(3)40(34,6)25(5)41(33,42)7)18-19-30(35(32)44)28(20-26-14-10-8-11-15-26)21-27-16-12-9-13-17-27/h8-19,22-23,25,28,33,44-45,48-49H,20-21H2,1-7H3/t23-,25-,33?,40-,41-,42+/m1/s1. The van der Waals surface area contributed by atoms with Crippen molar-refractivity contribution in [1.29, 1.82) is 0 Å². The number of aliphatic hydroxyl groups is 3. The van der Waals surface area contributed by atoms with E-state index in [-0.39, 0.29) is 28.7 Å². The molecule has 3 aliphatic carbocycles. The van der Waals surface area contributed by atoms with Gasteiger partial charge in [-0.2, -0.15) is 0 Å². The van der Waals surface area contributed by atoms with Gasteiger partial charge in [-0.1, -0.05) is 114 Å². The molecule has 0 bridgehead atoms. The number of allylic oxidation sites excluding steroid dienone is 2. The summed E-state index contributed by atoms with van der Waals surface area (Å²) < 4.78 is 0. The molecule has 7 nitrogen and oxygen atoms in total. The third-order valence-corrected chi connectivity index (χ3v) is 12.6. The summed E-state index contributed by atoms with van der Waals surface area (Å²) >= 11 is 0. The number of carbonyl (C=O) groups excluding carboxylic acids is 3. The van der Waals surface area contributed by atoms with Crippen LogP contribution in [0.3, 0.4) is 0 Å². The molecule has 0 saturated carbocycles. The van der Waals surface area contributed by atoms with Gasteiger partial charge in [-0.15, -0.1) is 0 Å². The van der Waals surface area contributed by atoms with Crippen LogP contribution in [0.5, 0.6) is 5.75 Å². The molecule has 256 valence electrons. The fourth-order valence-corrected chi connectivity index (χ4v) is 9.81. The Balaban J connectivity index is 1.57. The van der Waals surface area contributed by atoms with Crippen LogP contribution < -0.4 is 0 Å². The molecule has 0 saturated heterocycles. The summed E-state index contributed by atoms with van der Waals surface area (Å²) in [7, 11) is 0. The van der Waals surface area contributed by atoms with E-state index in [1.54, 1.807) is 6.92 Å². The van der Waals surface area contributed by atoms with E-state index in [0.29, 0.717) is 24.0 Å². The van der Waals surface area contributed by atoms with Gasteiger partial charge in [0, 0.05) is 22.3 Å². The lowest BCUT2D eigenvalue weighted by atomic mass is 9.39. The van der Waals surface area contributed by atoms with Crippen molar-refractivity contribution in [1.82, 2.24) is 0 Å². The number of carbonyl (C=O) groups is 3. The van der Waals surface area contributed by atoms with E-state index in [1.807, 2.05) is 107 Å². The van der Waals surface area contributed by atoms with Gasteiger partial charge in [0.05, 0.1) is 5.56 Å². The molecule has 0 amide bonds. The number of phenolic OH excluding ortho intramolecular Hbond substituents is 1. The molecule has 4 N–H and O–H groups in total. The molecule has 0 spiro atoms. The molecule has 6 rings (SSSR count). The smallest absolute Gasteiger partial charge is 0.209 e. The first-order valence-electron chi connectivity index (χ1n) is 17.2. The van der Waals surface area contributed by atoms with E-state index >= 15 is 0 Å². The Bertz CT molecular complexity index is 1880. The highest BCUT2D eigenvalue weighted by atomic mass is 16.3. The van der Waals surface area contributed by atoms with Crippen molar-refractivity contribution in [2.24, 2.45) is 28.6 Å². The molecule has 7 heteroatoms. The average Bonchev–Trinajstić information content (AvgIpc) is 3.05. The molecular formula is C42H46O7. The van der Waals surface area contributed by atoms with E-state index in [1.165, 1.54) is 0 Å². The predicted molar refractivity (Wildman–Crippen MR) is 188 cm³/mol. The number of ketones is 3. The summed E-state index contributed by atoms with van der Waals surface area (Å²) in [5, 5.41) is 48.4. The minimum Gasteiger partial charge on any atom is -0.511 e. The van der Waals surface area contributed by atoms with Crippen LogP contribution in [0.4, 0.5) is 0 Å². The first-order chi connectivity index (χ1) is 23.0. The van der Waals surface area contributed by atoms with Crippen molar-refractivity contribution in [3.05, 3.63) is 123 Å². The molecule has 0 heterocycles. The van der Waals surface area contributed by atoms with E-state index < -0.39 is 68.6 Å². The van der Waals surface area contributed by atoms with Crippen molar-refractivity contribution < 1.29 is 34.8 Å². The highest BCUT2D eigenvalue weighted by molar-refractivity contribution is 6.25. The number of aliphatic hydroxyl groups excluding tert-OH is 2. The molecule has 0 radical (unpaired) electrons. The van der Waals surface area contributed by atoms with Crippen molar-refractivity contribution in [2.45, 2.75) is 78.7 Å². The van der Waals surface area contributed by atoms with Gasteiger partial charge in [0.2, 0.25) is 5.78 Å². The molecule has 3 aliphatic rings. The van der Waals surface area contributed by atoms with Gasteiger partial charge >= 0.3 is 0 Å². The summed E-state index contributed by atoms with van der Waals surface area (Å²) in [4.78, 5) is 41.8. The second-order valence-corrected chi connectivity index (χ2v) is 15.2. The Morgan fingerprint density at radius 3 is 1.86 bits per heavy atom. The third-order valence-electron chi connectivity index (χ3n) is 12.6. The maximum atomic E-state index is 14.9. The summed E-state index contributed by atoms with van der Waals surface area (Å²) in [6.45, 7) is 12.1. The number of phenols is 1. The maximum Gasteiger partial charge on any atom is 0.209 e. The van der Waals surface area contributed by atoms with Crippen LogP contribution in [-0.2, 0) is 22.4 Å². The van der Waals surface area contributed by atoms with Crippen LogP contribution in [0.15, 0.2) is 95.5 Å². The Kier molecular flexibility index (Phi) is 8.30. The summed E-state index contributed by atoms with van der Waals surface area (Å²) in [6.07, 6.45) is 1.20. The highest BCUT2D eigenvalue weighted by Crippen LogP contribution is 2.70. The second kappa shape index (κ2) is 11.8. The Labute approximate surface area is 288 Å². The van der Waals surface area contributed by atoms with E-state index in [4.69, 9.17) is 0 Å². The molecule has 3 aromatic carbocycles. The zero-order valence-electron chi connectivity index (χ0n) is 29.2. The quantitative estimate of drug-likeness (QED) is 0.191. The zero-order chi connectivity index (χ0) is 35.8. The lowest BCUT2D eigenvalue weighted by Gasteiger charge is -2.64. The zero-order valence-corrected chi connectivity index (χ0v) is 29.2. The summed E-state index contributed by atoms with van der Waals surface area (Å²) in [5.74, 6) is -6.47. The van der Waals surface area contributed by atoms with Gasteiger partial charge in [-0.3, -0.25) is 14.4 Å². The minimum absolute atomic E-state index is 0.0448. The molecular weight excluding hydrogens is 616 g/mol. The largest absolute Gasteiger partial charge is 0.511 e. The Morgan fingerprint density at radius 2 is 1.37 bits per heavy atom. The molecule has 0 fully saturated rings. The van der Waals surface area contributed by atoms with Gasteiger partial charge in [0.25, 0.3) is 0 Å². The van der Waals surface area contributed by atoms with Gasteiger partial charge < -0.3 is 20.4 Å². The van der Waals surface area contributed by atoms with Crippen LogP contribution >= 0.6 is 0 Å².